The summed E-state index contributed by atoms with van der Waals surface area (Å²) in [5.41, 5.74) is 4.82. The molecule has 1 aliphatic heterocycles. The average molecular weight is 721 g/mol. The Morgan fingerprint density at radius 1 is 1.18 bits per heavy atom. The molecule has 18 nitrogen and oxygen atoms in total. The van der Waals surface area contributed by atoms with Crippen LogP contribution in [0.15, 0.2) is 67.0 Å². The van der Waals surface area contributed by atoms with Crippen LogP contribution in [-0.2, 0) is 40.0 Å². The first-order valence-corrected chi connectivity index (χ1v) is 18.2. The largest absolute Gasteiger partial charge is 0.460 e. The van der Waals surface area contributed by atoms with Crippen LogP contribution >= 0.6 is 7.75 Å². The van der Waals surface area contributed by atoms with Crippen molar-refractivity contribution in [3.8, 4) is 5.75 Å². The highest BCUT2D eigenvalue weighted by atomic mass is 32.2. The first kappa shape index (κ1) is 36.1. The fraction of sp³-hybridized carbons (Fsp3) is 0.379. The number of hydrogen-bond acceptors (Lipinski definition) is 15. The first-order chi connectivity index (χ1) is 23.1. The van der Waals surface area contributed by atoms with Crippen LogP contribution < -0.4 is 25.2 Å². The molecule has 0 radical (unpaired) electrons. The summed E-state index contributed by atoms with van der Waals surface area (Å²) in [5, 5.41) is 26.3. The average Bonchev–Trinajstić information content (AvgIpc) is 3.55. The lowest BCUT2D eigenvalue weighted by Crippen LogP contribution is -2.44. The second-order valence-electron chi connectivity index (χ2n) is 11.5. The third-order valence-electron chi connectivity index (χ3n) is 7.35. The minimum Gasteiger partial charge on any atom is -0.460 e. The van der Waals surface area contributed by atoms with Gasteiger partial charge in [0.1, 0.15) is 36.2 Å². The van der Waals surface area contributed by atoms with Gasteiger partial charge in [-0.3, -0.25) is 18.9 Å². The van der Waals surface area contributed by atoms with Gasteiger partial charge < -0.3 is 29.9 Å². The topological polar surface area (TPSA) is 243 Å². The summed E-state index contributed by atoms with van der Waals surface area (Å²) < 4.78 is 61.8. The van der Waals surface area contributed by atoms with Crippen LogP contribution in [0.1, 0.15) is 25.6 Å². The minimum atomic E-state index is -4.37. The normalized spacial score (nSPS) is 22.8. The van der Waals surface area contributed by atoms with Crippen LogP contribution in [0.3, 0.4) is 0 Å². The van der Waals surface area contributed by atoms with Crippen LogP contribution in [0.2, 0.25) is 0 Å². The number of anilines is 2. The second-order valence-corrected chi connectivity index (χ2v) is 14.9. The van der Waals surface area contributed by atoms with Crippen LogP contribution in [0.4, 0.5) is 11.8 Å². The van der Waals surface area contributed by atoms with Gasteiger partial charge in [0.05, 0.1) is 19.2 Å². The Balaban J connectivity index is 1.35. The van der Waals surface area contributed by atoms with Crippen molar-refractivity contribution in [1.29, 1.82) is 0 Å². The zero-order chi connectivity index (χ0) is 35.6. The van der Waals surface area contributed by atoms with Gasteiger partial charge in [-0.05, 0) is 31.5 Å². The number of nitrogen functional groups attached to an aromatic ring is 1. The number of nitrogens with two attached hydrogens (primary N) is 1. The molecule has 0 bridgehead atoms. The van der Waals surface area contributed by atoms with Crippen LogP contribution in [0.5, 0.6) is 5.75 Å². The standard InChI is InChI=1S/C29H37N8O10PS/c1-18(26(39)44-15-19-11-7-5-8-12-19)34-48(41,47-20-13-9-6-10-14-20)45-16-21-23(38)29(2,40)27(46-21)37-17-31-22-24(32-28(30)33-25(22)37)36(3)35-49(4,42)43/h5-14,17-18,21,23,27,35,38,40H,15-16H2,1-4H3,(H,34,41)(H2,30,32,33)/t18-,21+,23+,27+,29-,48?/m0/s1. The SMILES string of the molecule is C[C@H](NP(=O)(OC[C@H]1O[C@@H](n2cnc3c(N(C)NS(C)(=O)=O)nc(N)nc32)[C@@](C)(O)[C@@H]1O)Oc1ccccc1)C(=O)OCc1ccccc1. The number of carbonyl (C=O) groups is 1. The Kier molecular flexibility index (Phi) is 10.6. The van der Waals surface area contributed by atoms with Gasteiger partial charge in [-0.1, -0.05) is 48.5 Å². The maximum absolute atomic E-state index is 14.1. The van der Waals surface area contributed by atoms with Gasteiger partial charge in [-0.2, -0.15) is 15.1 Å². The fourth-order valence-corrected chi connectivity index (χ4v) is 7.10. The number of imidazole rings is 1. The molecule has 1 fully saturated rings. The fourth-order valence-electron chi connectivity index (χ4n) is 5.02. The molecule has 6 N–H and O–H groups in total. The van der Waals surface area contributed by atoms with E-state index in [2.05, 4.69) is 24.9 Å². The van der Waals surface area contributed by atoms with E-state index < -0.39 is 60.4 Å². The highest BCUT2D eigenvalue weighted by Gasteiger charge is 2.54. The summed E-state index contributed by atoms with van der Waals surface area (Å²) in [6, 6.07) is 15.9. The van der Waals surface area contributed by atoms with Gasteiger partial charge >= 0.3 is 13.7 Å². The number of aliphatic hydroxyl groups is 2. The van der Waals surface area contributed by atoms with E-state index in [-0.39, 0.29) is 35.3 Å². The molecule has 0 spiro atoms. The number of para-hydroxylation sites is 1. The zero-order valence-electron chi connectivity index (χ0n) is 26.9. The summed E-state index contributed by atoms with van der Waals surface area (Å²) in [6.45, 7) is 2.14. The van der Waals surface area contributed by atoms with Crippen molar-refractivity contribution >= 4 is 46.7 Å². The van der Waals surface area contributed by atoms with Crippen molar-refractivity contribution in [2.75, 3.05) is 30.7 Å². The molecule has 2 aromatic carbocycles. The molecule has 5 rings (SSSR count). The predicted octanol–water partition coefficient (Wildman–Crippen LogP) is 1.24. The summed E-state index contributed by atoms with van der Waals surface area (Å²) in [7, 11) is -6.68. The Labute approximate surface area is 281 Å². The molecule has 20 heteroatoms. The molecule has 1 saturated heterocycles. The summed E-state index contributed by atoms with van der Waals surface area (Å²) in [5.74, 6) is -0.805. The van der Waals surface area contributed by atoms with E-state index in [1.807, 2.05) is 6.07 Å². The van der Waals surface area contributed by atoms with Gasteiger partial charge in [-0.15, -0.1) is 4.83 Å². The van der Waals surface area contributed by atoms with Crippen LogP contribution in [0, 0.1) is 0 Å². The van der Waals surface area contributed by atoms with Gasteiger partial charge in [0, 0.05) is 7.05 Å². The highest BCUT2D eigenvalue weighted by Crippen LogP contribution is 2.47. The summed E-state index contributed by atoms with van der Waals surface area (Å²) in [4.78, 5) is 27.6. The van der Waals surface area contributed by atoms with Crippen molar-refractivity contribution in [1.82, 2.24) is 29.4 Å². The monoisotopic (exact) mass is 720 g/mol. The molecular formula is C29H37N8O10PS. The van der Waals surface area contributed by atoms with E-state index in [4.69, 9.17) is 24.3 Å². The van der Waals surface area contributed by atoms with Gasteiger partial charge in [0.15, 0.2) is 23.2 Å². The summed E-state index contributed by atoms with van der Waals surface area (Å²) in [6.07, 6.45) is -2.04. The molecule has 0 saturated carbocycles. The Bertz CT molecular complexity index is 1930. The third-order valence-corrected chi connectivity index (χ3v) is 9.60. The lowest BCUT2D eigenvalue weighted by Gasteiger charge is -2.27. The van der Waals surface area contributed by atoms with Crippen molar-refractivity contribution < 1.29 is 46.5 Å². The van der Waals surface area contributed by atoms with Crippen molar-refractivity contribution in [3.05, 3.63) is 72.6 Å². The Morgan fingerprint density at radius 3 is 2.49 bits per heavy atom. The quantitative estimate of drug-likeness (QED) is 0.0699. The van der Waals surface area contributed by atoms with Gasteiger partial charge in [0.2, 0.25) is 16.0 Å². The molecule has 3 heterocycles. The Hall–Kier alpha value is -4.20. The number of rotatable bonds is 14. The lowest BCUT2D eigenvalue weighted by atomic mass is 9.96. The van der Waals surface area contributed by atoms with Crippen LogP contribution in [-0.4, -0.2) is 87.9 Å². The van der Waals surface area contributed by atoms with Crippen molar-refractivity contribution in [2.24, 2.45) is 0 Å². The molecule has 1 aliphatic rings. The van der Waals surface area contributed by atoms with Crippen molar-refractivity contribution in [3.63, 3.8) is 0 Å². The number of hydrogen-bond donors (Lipinski definition) is 5. The number of sulfonamides is 1. The number of aliphatic hydroxyl groups excluding tert-OH is 1. The predicted molar refractivity (Wildman–Crippen MR) is 176 cm³/mol. The van der Waals surface area contributed by atoms with E-state index in [1.165, 1.54) is 43.9 Å². The van der Waals surface area contributed by atoms with Gasteiger partial charge in [0.25, 0.3) is 0 Å². The molecule has 264 valence electrons. The zero-order valence-corrected chi connectivity index (χ0v) is 28.6. The first-order valence-electron chi connectivity index (χ1n) is 14.8. The molecule has 0 amide bonds. The second kappa shape index (κ2) is 14.3. The van der Waals surface area contributed by atoms with E-state index in [0.29, 0.717) is 0 Å². The molecule has 49 heavy (non-hydrogen) atoms. The molecule has 2 aromatic heterocycles. The Morgan fingerprint density at radius 2 is 1.84 bits per heavy atom. The third kappa shape index (κ3) is 8.52. The van der Waals surface area contributed by atoms with E-state index in [0.717, 1.165) is 16.8 Å². The van der Waals surface area contributed by atoms with E-state index in [9.17, 15) is 28.0 Å². The molecule has 4 aromatic rings. The maximum atomic E-state index is 14.1. The number of esters is 1. The molecule has 1 unspecified atom stereocenters. The number of benzene rings is 2. The number of aromatic nitrogens is 4. The molecule has 6 atom stereocenters. The highest BCUT2D eigenvalue weighted by molar-refractivity contribution is 7.88. The smallest absolute Gasteiger partial charge is 0.459 e. The number of nitrogens with zero attached hydrogens (tertiary/aromatic N) is 5. The number of ether oxygens (including phenoxy) is 2. The van der Waals surface area contributed by atoms with Crippen molar-refractivity contribution in [2.45, 2.75) is 50.5 Å². The number of fused-ring (bicyclic) bond motifs is 1. The summed E-state index contributed by atoms with van der Waals surface area (Å²) >= 11 is 0. The van der Waals surface area contributed by atoms with E-state index >= 15 is 0 Å². The maximum Gasteiger partial charge on any atom is 0.459 e. The van der Waals surface area contributed by atoms with E-state index in [1.54, 1.807) is 42.5 Å². The minimum absolute atomic E-state index is 0.00577. The van der Waals surface area contributed by atoms with Gasteiger partial charge in [-0.25, -0.2) is 18.0 Å². The molecule has 0 aliphatic carbocycles. The molecular weight excluding hydrogens is 683 g/mol. The lowest BCUT2D eigenvalue weighted by molar-refractivity contribution is -0.146. The number of hydrazine groups is 1. The number of nitrogens with one attached hydrogen (secondary N) is 2. The van der Waals surface area contributed by atoms with Crippen LogP contribution in [0.25, 0.3) is 11.2 Å². The number of carbonyl (C=O) groups excluding carboxylic acids is 1.